The van der Waals surface area contributed by atoms with Gasteiger partial charge in [0.15, 0.2) is 5.11 Å². The number of carbonyl (C=O) groups is 1. The number of amides is 1. The van der Waals surface area contributed by atoms with E-state index in [9.17, 15) is 13.2 Å². The molecule has 1 heterocycles. The SMILES string of the molecule is Cc1ccc(/C=C/C(=O)NC(=S)Nc2ccc(S(=O)(=O)N3CC[NH+](C)CC3)cc2)cc1. The average Bonchev–Trinajstić information content (AvgIpc) is 2.74. The van der Waals surface area contributed by atoms with Crippen molar-refractivity contribution in [2.24, 2.45) is 0 Å². The van der Waals surface area contributed by atoms with E-state index in [1.807, 2.05) is 31.2 Å². The van der Waals surface area contributed by atoms with Crippen LogP contribution in [0.3, 0.4) is 0 Å². The molecule has 2 aromatic rings. The van der Waals surface area contributed by atoms with Crippen LogP contribution in [-0.2, 0) is 14.8 Å². The molecule has 1 amide bonds. The number of anilines is 1. The summed E-state index contributed by atoms with van der Waals surface area (Å²) in [5, 5.41) is 5.61. The van der Waals surface area contributed by atoms with Gasteiger partial charge in [-0.3, -0.25) is 10.1 Å². The van der Waals surface area contributed by atoms with Gasteiger partial charge in [0, 0.05) is 11.8 Å². The number of quaternary nitrogens is 1. The molecule has 0 radical (unpaired) electrons. The standard InChI is InChI=1S/C22H26N4O3S2/c1-17-3-5-18(6-4-17)7-12-21(27)24-22(30)23-19-8-10-20(11-9-19)31(28,29)26-15-13-25(2)14-16-26/h3-12H,13-16H2,1-2H3,(H2,23,24,27,30)/p+1/b12-7+. The normalized spacial score (nSPS) is 15.7. The van der Waals surface area contributed by atoms with Crippen molar-refractivity contribution < 1.29 is 18.1 Å². The first-order chi connectivity index (χ1) is 14.7. The number of piperazine rings is 1. The minimum atomic E-state index is -3.51. The molecule has 0 atom stereocenters. The smallest absolute Gasteiger partial charge is 0.250 e. The molecule has 1 fully saturated rings. The van der Waals surface area contributed by atoms with Gasteiger partial charge in [0.25, 0.3) is 0 Å². The quantitative estimate of drug-likeness (QED) is 0.460. The fourth-order valence-corrected chi connectivity index (χ4v) is 4.79. The van der Waals surface area contributed by atoms with E-state index >= 15 is 0 Å². The maximum atomic E-state index is 12.8. The van der Waals surface area contributed by atoms with Gasteiger partial charge in [-0.15, -0.1) is 0 Å². The molecule has 0 aliphatic carbocycles. The number of aryl methyl sites for hydroxylation is 1. The molecule has 9 heteroatoms. The third kappa shape index (κ3) is 6.44. The summed E-state index contributed by atoms with van der Waals surface area (Å²) in [5.74, 6) is -0.352. The van der Waals surface area contributed by atoms with Crippen molar-refractivity contribution >= 4 is 45.0 Å². The molecular formula is C22H27N4O3S2+. The summed E-state index contributed by atoms with van der Waals surface area (Å²) >= 11 is 5.17. The largest absolute Gasteiger partial charge is 0.335 e. The fraction of sp³-hybridized carbons (Fsp3) is 0.273. The number of rotatable bonds is 5. The molecule has 0 spiro atoms. The van der Waals surface area contributed by atoms with E-state index in [0.717, 1.165) is 24.2 Å². The van der Waals surface area contributed by atoms with E-state index in [0.29, 0.717) is 18.8 Å². The zero-order valence-corrected chi connectivity index (χ0v) is 19.2. The van der Waals surface area contributed by atoms with Crippen molar-refractivity contribution in [2.75, 3.05) is 38.5 Å². The molecule has 1 aliphatic heterocycles. The molecule has 3 rings (SSSR count). The molecule has 0 saturated carbocycles. The van der Waals surface area contributed by atoms with Crippen LogP contribution in [0.25, 0.3) is 6.08 Å². The maximum absolute atomic E-state index is 12.8. The minimum absolute atomic E-state index is 0.135. The lowest BCUT2D eigenvalue weighted by molar-refractivity contribution is -0.883. The molecule has 2 aromatic carbocycles. The maximum Gasteiger partial charge on any atom is 0.250 e. The number of carbonyl (C=O) groups excluding carboxylic acids is 1. The van der Waals surface area contributed by atoms with Crippen LogP contribution in [0.15, 0.2) is 59.5 Å². The highest BCUT2D eigenvalue weighted by Gasteiger charge is 2.28. The molecule has 1 aliphatic rings. The Morgan fingerprint density at radius 2 is 1.68 bits per heavy atom. The fourth-order valence-electron chi connectivity index (χ4n) is 3.13. The van der Waals surface area contributed by atoms with Crippen LogP contribution in [0.1, 0.15) is 11.1 Å². The molecular weight excluding hydrogens is 432 g/mol. The van der Waals surface area contributed by atoms with Crippen molar-refractivity contribution in [1.29, 1.82) is 0 Å². The van der Waals surface area contributed by atoms with Crippen molar-refractivity contribution in [3.05, 3.63) is 65.7 Å². The van der Waals surface area contributed by atoms with Crippen LogP contribution in [0.2, 0.25) is 0 Å². The lowest BCUT2D eigenvalue weighted by Gasteiger charge is -2.29. The van der Waals surface area contributed by atoms with E-state index in [1.54, 1.807) is 30.3 Å². The number of hydrogen-bond donors (Lipinski definition) is 3. The highest BCUT2D eigenvalue weighted by molar-refractivity contribution is 7.89. The Labute approximate surface area is 188 Å². The van der Waals surface area contributed by atoms with Crippen molar-refractivity contribution in [3.8, 4) is 0 Å². The summed E-state index contributed by atoms with van der Waals surface area (Å²) in [6.45, 7) is 4.62. The van der Waals surface area contributed by atoms with Crippen LogP contribution in [0.4, 0.5) is 5.69 Å². The van der Waals surface area contributed by atoms with Gasteiger partial charge in [-0.1, -0.05) is 29.8 Å². The van der Waals surface area contributed by atoms with Gasteiger partial charge in [0.1, 0.15) is 0 Å². The number of sulfonamides is 1. The van der Waals surface area contributed by atoms with Crippen molar-refractivity contribution in [1.82, 2.24) is 9.62 Å². The van der Waals surface area contributed by atoms with E-state index in [4.69, 9.17) is 12.2 Å². The monoisotopic (exact) mass is 459 g/mol. The second-order valence-corrected chi connectivity index (χ2v) is 9.92. The second kappa shape index (κ2) is 10.1. The number of likely N-dealkylation sites (N-methyl/N-ethyl adjacent to an activating group) is 1. The molecule has 1 saturated heterocycles. The highest BCUT2D eigenvalue weighted by atomic mass is 32.2. The molecule has 0 unspecified atom stereocenters. The Morgan fingerprint density at radius 3 is 2.29 bits per heavy atom. The average molecular weight is 460 g/mol. The molecule has 7 nitrogen and oxygen atoms in total. The highest BCUT2D eigenvalue weighted by Crippen LogP contribution is 2.18. The summed E-state index contributed by atoms with van der Waals surface area (Å²) in [6.07, 6.45) is 3.11. The summed E-state index contributed by atoms with van der Waals surface area (Å²) in [4.78, 5) is 13.6. The topological polar surface area (TPSA) is 83.0 Å². The molecule has 31 heavy (non-hydrogen) atoms. The van der Waals surface area contributed by atoms with Gasteiger partial charge < -0.3 is 10.2 Å². The van der Waals surface area contributed by atoms with E-state index < -0.39 is 10.0 Å². The zero-order valence-electron chi connectivity index (χ0n) is 17.6. The minimum Gasteiger partial charge on any atom is -0.335 e. The Hall–Kier alpha value is -2.59. The number of benzene rings is 2. The Kier molecular flexibility index (Phi) is 7.55. The molecule has 3 N–H and O–H groups in total. The van der Waals surface area contributed by atoms with Gasteiger partial charge in [0.2, 0.25) is 15.9 Å². The Morgan fingerprint density at radius 1 is 1.06 bits per heavy atom. The van der Waals surface area contributed by atoms with Crippen LogP contribution in [0, 0.1) is 6.92 Å². The third-order valence-corrected chi connectivity index (χ3v) is 7.18. The Bertz CT molecular complexity index is 1060. The molecule has 0 aromatic heterocycles. The van der Waals surface area contributed by atoms with Crippen molar-refractivity contribution in [2.45, 2.75) is 11.8 Å². The van der Waals surface area contributed by atoms with E-state index in [2.05, 4.69) is 17.7 Å². The summed E-state index contributed by atoms with van der Waals surface area (Å²) in [6, 6.07) is 14.2. The van der Waals surface area contributed by atoms with E-state index in [1.165, 1.54) is 15.3 Å². The summed E-state index contributed by atoms with van der Waals surface area (Å²) in [7, 11) is -1.45. The molecule has 164 valence electrons. The summed E-state index contributed by atoms with van der Waals surface area (Å²) in [5.41, 5.74) is 2.66. The summed E-state index contributed by atoms with van der Waals surface area (Å²) < 4.78 is 27.1. The first-order valence-electron chi connectivity index (χ1n) is 10.0. The van der Waals surface area contributed by atoms with Crippen molar-refractivity contribution in [3.63, 3.8) is 0 Å². The van der Waals surface area contributed by atoms with E-state index in [-0.39, 0.29) is 15.9 Å². The molecule has 0 bridgehead atoms. The second-order valence-electron chi connectivity index (χ2n) is 7.57. The first kappa shape index (κ1) is 23.1. The first-order valence-corrected chi connectivity index (χ1v) is 11.9. The van der Waals surface area contributed by atoms with Crippen LogP contribution in [-0.4, -0.2) is 57.0 Å². The van der Waals surface area contributed by atoms with Gasteiger partial charge >= 0.3 is 0 Å². The van der Waals surface area contributed by atoms with Gasteiger partial charge in [0.05, 0.1) is 38.1 Å². The predicted octanol–water partition coefficient (Wildman–Crippen LogP) is 1.04. The van der Waals surface area contributed by atoms with Gasteiger partial charge in [-0.2, -0.15) is 4.31 Å². The number of nitrogens with zero attached hydrogens (tertiary/aromatic N) is 1. The Balaban J connectivity index is 1.54. The zero-order chi connectivity index (χ0) is 22.4. The number of nitrogens with one attached hydrogen (secondary N) is 3. The van der Waals surface area contributed by atoms with Crippen LogP contribution >= 0.6 is 12.2 Å². The lowest BCUT2D eigenvalue weighted by atomic mass is 10.1. The third-order valence-electron chi connectivity index (χ3n) is 5.07. The van der Waals surface area contributed by atoms with Crippen LogP contribution in [0.5, 0.6) is 0 Å². The predicted molar refractivity (Wildman–Crippen MR) is 126 cm³/mol. The van der Waals surface area contributed by atoms with Gasteiger partial charge in [-0.25, -0.2) is 8.42 Å². The lowest BCUT2D eigenvalue weighted by Crippen LogP contribution is -3.12. The number of hydrogen-bond acceptors (Lipinski definition) is 4. The van der Waals surface area contributed by atoms with Gasteiger partial charge in [-0.05, 0) is 55.0 Å². The van der Waals surface area contributed by atoms with Crippen LogP contribution < -0.4 is 15.5 Å². The number of thiocarbonyl (C=S) groups is 1.